The predicted octanol–water partition coefficient (Wildman–Crippen LogP) is 5.24. The number of benzene rings is 3. The van der Waals surface area contributed by atoms with E-state index in [1.807, 2.05) is 43.4 Å². The number of rotatable bonds is 7. The van der Waals surface area contributed by atoms with Gasteiger partial charge in [0.2, 0.25) is 0 Å². The fourth-order valence-electron chi connectivity index (χ4n) is 3.68. The lowest BCUT2D eigenvalue weighted by Crippen LogP contribution is -2.18. The SMILES string of the molecule is CN(Cc1cccc(NC(=O)c2cc(C(F)(F)F)nn2-c2cccc(CN)c2)c1)c1ccccc1. The summed E-state index contributed by atoms with van der Waals surface area (Å²) in [4.78, 5) is 15.1. The van der Waals surface area contributed by atoms with Crippen molar-refractivity contribution in [3.05, 3.63) is 107 Å². The minimum atomic E-state index is -4.70. The summed E-state index contributed by atoms with van der Waals surface area (Å²) in [6.45, 7) is 0.781. The Hall–Kier alpha value is -4.11. The second-order valence-electron chi connectivity index (χ2n) is 8.04. The van der Waals surface area contributed by atoms with Crippen molar-refractivity contribution in [3.63, 3.8) is 0 Å². The molecule has 1 heterocycles. The maximum Gasteiger partial charge on any atom is 0.435 e. The summed E-state index contributed by atoms with van der Waals surface area (Å²) < 4.78 is 41.2. The summed E-state index contributed by atoms with van der Waals surface area (Å²) in [6, 6.07) is 24.3. The Balaban J connectivity index is 1.60. The topological polar surface area (TPSA) is 76.2 Å². The summed E-state index contributed by atoms with van der Waals surface area (Å²) in [5.74, 6) is -0.709. The van der Waals surface area contributed by atoms with E-state index in [1.54, 1.807) is 42.5 Å². The number of anilines is 2. The molecule has 4 aromatic rings. The number of nitrogens with two attached hydrogens (primary N) is 1. The van der Waals surface area contributed by atoms with E-state index in [9.17, 15) is 18.0 Å². The molecule has 3 aromatic carbocycles. The smallest absolute Gasteiger partial charge is 0.370 e. The first-order valence-electron chi connectivity index (χ1n) is 10.9. The molecule has 9 heteroatoms. The van der Waals surface area contributed by atoms with Gasteiger partial charge in [-0.3, -0.25) is 4.79 Å². The zero-order valence-corrected chi connectivity index (χ0v) is 19.0. The highest BCUT2D eigenvalue weighted by atomic mass is 19.4. The molecule has 0 saturated heterocycles. The number of aromatic nitrogens is 2. The largest absolute Gasteiger partial charge is 0.435 e. The molecule has 0 fully saturated rings. The lowest BCUT2D eigenvalue weighted by atomic mass is 10.1. The van der Waals surface area contributed by atoms with Crippen LogP contribution in [0.2, 0.25) is 0 Å². The molecule has 0 aliphatic rings. The van der Waals surface area contributed by atoms with Gasteiger partial charge in [-0.25, -0.2) is 4.68 Å². The second-order valence-corrected chi connectivity index (χ2v) is 8.04. The van der Waals surface area contributed by atoms with Crippen LogP contribution in [0.4, 0.5) is 24.5 Å². The summed E-state index contributed by atoms with van der Waals surface area (Å²) in [5.41, 5.74) is 7.71. The van der Waals surface area contributed by atoms with Gasteiger partial charge in [-0.2, -0.15) is 18.3 Å². The number of hydrogen-bond acceptors (Lipinski definition) is 4. The van der Waals surface area contributed by atoms with Crippen LogP contribution in [0, 0.1) is 0 Å². The summed E-state index contributed by atoms with van der Waals surface area (Å²) in [7, 11) is 1.95. The molecule has 35 heavy (non-hydrogen) atoms. The average molecular weight is 480 g/mol. The molecule has 4 rings (SSSR count). The van der Waals surface area contributed by atoms with Crippen molar-refractivity contribution < 1.29 is 18.0 Å². The van der Waals surface area contributed by atoms with E-state index >= 15 is 0 Å². The van der Waals surface area contributed by atoms with E-state index in [1.165, 1.54) is 0 Å². The van der Waals surface area contributed by atoms with E-state index in [0.717, 1.165) is 22.0 Å². The third-order valence-electron chi connectivity index (χ3n) is 5.42. The van der Waals surface area contributed by atoms with Gasteiger partial charge in [0, 0.05) is 37.6 Å². The molecule has 0 bridgehead atoms. The van der Waals surface area contributed by atoms with Gasteiger partial charge in [0.15, 0.2) is 5.69 Å². The molecule has 1 aromatic heterocycles. The van der Waals surface area contributed by atoms with Gasteiger partial charge in [0.1, 0.15) is 5.69 Å². The first-order chi connectivity index (χ1) is 16.7. The summed E-state index contributed by atoms with van der Waals surface area (Å²) in [6.07, 6.45) is -4.70. The van der Waals surface area contributed by atoms with Gasteiger partial charge in [-0.15, -0.1) is 0 Å². The van der Waals surface area contributed by atoms with E-state index in [0.29, 0.717) is 23.5 Å². The number of nitrogens with one attached hydrogen (secondary N) is 1. The van der Waals surface area contributed by atoms with Crippen LogP contribution in [0.25, 0.3) is 5.69 Å². The van der Waals surface area contributed by atoms with Crippen molar-refractivity contribution in [2.75, 3.05) is 17.3 Å². The third kappa shape index (κ3) is 5.70. The number of carbonyl (C=O) groups excluding carboxylic acids is 1. The van der Waals surface area contributed by atoms with Gasteiger partial charge < -0.3 is 16.0 Å². The highest BCUT2D eigenvalue weighted by Crippen LogP contribution is 2.30. The average Bonchev–Trinajstić information content (AvgIpc) is 3.31. The monoisotopic (exact) mass is 479 g/mol. The zero-order chi connectivity index (χ0) is 25.0. The van der Waals surface area contributed by atoms with Crippen LogP contribution in [-0.4, -0.2) is 22.7 Å². The molecule has 3 N–H and O–H groups in total. The molecule has 1 amide bonds. The van der Waals surface area contributed by atoms with Crippen molar-refractivity contribution in [1.29, 1.82) is 0 Å². The molecule has 0 spiro atoms. The summed E-state index contributed by atoms with van der Waals surface area (Å²) in [5, 5.41) is 6.37. The van der Waals surface area contributed by atoms with Crippen molar-refractivity contribution in [1.82, 2.24) is 9.78 Å². The molecule has 0 unspecified atom stereocenters. The lowest BCUT2D eigenvalue weighted by molar-refractivity contribution is -0.141. The van der Waals surface area contributed by atoms with Crippen molar-refractivity contribution in [2.24, 2.45) is 5.73 Å². The highest BCUT2D eigenvalue weighted by molar-refractivity contribution is 6.03. The normalized spacial score (nSPS) is 11.3. The number of para-hydroxylation sites is 1. The molecule has 0 aliphatic heterocycles. The Labute approximate surface area is 200 Å². The highest BCUT2D eigenvalue weighted by Gasteiger charge is 2.36. The molecule has 6 nitrogen and oxygen atoms in total. The van der Waals surface area contributed by atoms with Gasteiger partial charge in [-0.1, -0.05) is 42.5 Å². The fourth-order valence-corrected chi connectivity index (χ4v) is 3.68. The van der Waals surface area contributed by atoms with E-state index in [4.69, 9.17) is 5.73 Å². The van der Waals surface area contributed by atoms with Gasteiger partial charge >= 0.3 is 6.18 Å². The third-order valence-corrected chi connectivity index (χ3v) is 5.42. The van der Waals surface area contributed by atoms with Crippen LogP contribution >= 0.6 is 0 Å². The Kier molecular flexibility index (Phi) is 6.88. The first kappa shape index (κ1) is 24.0. The van der Waals surface area contributed by atoms with Crippen molar-refractivity contribution in [3.8, 4) is 5.69 Å². The van der Waals surface area contributed by atoms with Crippen LogP contribution < -0.4 is 16.0 Å². The fraction of sp³-hybridized carbons (Fsp3) is 0.154. The lowest BCUT2D eigenvalue weighted by Gasteiger charge is -2.19. The number of hydrogen-bond donors (Lipinski definition) is 2. The van der Waals surface area contributed by atoms with Crippen LogP contribution in [0.15, 0.2) is 84.9 Å². The zero-order valence-electron chi connectivity index (χ0n) is 19.0. The predicted molar refractivity (Wildman–Crippen MR) is 129 cm³/mol. The van der Waals surface area contributed by atoms with Crippen molar-refractivity contribution >= 4 is 17.3 Å². The molecular weight excluding hydrogens is 455 g/mol. The Morgan fingerprint density at radius 1 is 0.971 bits per heavy atom. The van der Waals surface area contributed by atoms with E-state index < -0.39 is 17.8 Å². The van der Waals surface area contributed by atoms with E-state index in [-0.39, 0.29) is 12.2 Å². The maximum atomic E-state index is 13.4. The van der Waals surface area contributed by atoms with E-state index in [2.05, 4.69) is 15.3 Å². The molecule has 0 atom stereocenters. The summed E-state index contributed by atoms with van der Waals surface area (Å²) >= 11 is 0. The molecular formula is C26H24F3N5O. The van der Waals surface area contributed by atoms with Gasteiger partial charge in [0.25, 0.3) is 5.91 Å². The molecule has 0 saturated carbocycles. The molecule has 0 aliphatic carbocycles. The second kappa shape index (κ2) is 10.0. The van der Waals surface area contributed by atoms with Crippen LogP contribution in [0.5, 0.6) is 0 Å². The Morgan fingerprint density at radius 3 is 2.40 bits per heavy atom. The number of alkyl halides is 3. The number of carbonyl (C=O) groups is 1. The van der Waals surface area contributed by atoms with Gasteiger partial charge in [-0.05, 0) is 47.5 Å². The van der Waals surface area contributed by atoms with Crippen LogP contribution in [0.1, 0.15) is 27.3 Å². The van der Waals surface area contributed by atoms with Crippen LogP contribution in [0.3, 0.4) is 0 Å². The standard InChI is InChI=1S/C26H24F3N5O/c1-33(21-10-3-2-4-11-21)17-19-8-5-9-20(13-19)31-25(35)23-15-24(26(27,28)29)32-34(23)22-12-6-7-18(14-22)16-30/h2-15H,16-17,30H2,1H3,(H,31,35). The first-order valence-corrected chi connectivity index (χ1v) is 10.9. The van der Waals surface area contributed by atoms with Crippen LogP contribution in [-0.2, 0) is 19.3 Å². The quantitative estimate of drug-likeness (QED) is 0.380. The minimum Gasteiger partial charge on any atom is -0.370 e. The Bertz CT molecular complexity index is 1320. The Morgan fingerprint density at radius 2 is 1.69 bits per heavy atom. The minimum absolute atomic E-state index is 0.201. The molecule has 0 radical (unpaired) electrons. The maximum absolute atomic E-state index is 13.4. The number of amides is 1. The number of halogens is 3. The van der Waals surface area contributed by atoms with Gasteiger partial charge in [0.05, 0.1) is 5.69 Å². The number of nitrogens with zero attached hydrogens (tertiary/aromatic N) is 3. The molecule has 180 valence electrons. The van der Waals surface area contributed by atoms with Crippen molar-refractivity contribution in [2.45, 2.75) is 19.3 Å².